The van der Waals surface area contributed by atoms with Gasteiger partial charge in [0.2, 0.25) is 0 Å². The SMILES string of the molecule is CCC(C)(C)C(=O)OC.CCC(C)(C)C(=O)OC(C)(C)C.CCC(C)(C)C(=O)OC(C)(C)CCC(C)(C)OC(=O)C(C)(C)CC.CCC1(OC(=O)C(C)(C)CC)CCCCC1.O=C1OCC2C3CCC(C3)C12.[HH]. The van der Waals surface area contributed by atoms with Crippen LogP contribution in [0.15, 0.2) is 0 Å². The Bertz CT molecular complexity index is 1680. The van der Waals surface area contributed by atoms with E-state index in [0.29, 0.717) is 30.6 Å². The van der Waals surface area contributed by atoms with Gasteiger partial charge in [0.25, 0.3) is 0 Å². The zero-order chi connectivity index (χ0) is 56.5. The van der Waals surface area contributed by atoms with Crippen LogP contribution in [-0.4, -0.2) is 71.9 Å². The molecular formula is C60H112O12. The maximum Gasteiger partial charge on any atom is 0.312 e. The van der Waals surface area contributed by atoms with E-state index in [9.17, 15) is 28.8 Å². The number of ether oxygens (including phenoxy) is 6. The van der Waals surface area contributed by atoms with E-state index in [1.54, 1.807) is 0 Å². The first kappa shape index (κ1) is 68.8. The largest absolute Gasteiger partial charge is 0.469 e. The highest BCUT2D eigenvalue weighted by molar-refractivity contribution is 5.78. The minimum atomic E-state index is -0.590. The van der Waals surface area contributed by atoms with Gasteiger partial charge in [0.05, 0.1) is 46.7 Å². The lowest BCUT2D eigenvalue weighted by molar-refractivity contribution is -0.175. The van der Waals surface area contributed by atoms with Crippen LogP contribution in [-0.2, 0) is 57.2 Å². The molecule has 1 heterocycles. The van der Waals surface area contributed by atoms with Crippen LogP contribution in [0.1, 0.15) is 263 Å². The van der Waals surface area contributed by atoms with Crippen molar-refractivity contribution in [1.82, 2.24) is 0 Å². The van der Waals surface area contributed by atoms with Crippen molar-refractivity contribution in [2.45, 2.75) is 284 Å². The number of hydrogen-bond acceptors (Lipinski definition) is 12. The highest BCUT2D eigenvalue weighted by Gasteiger charge is 2.55. The van der Waals surface area contributed by atoms with E-state index < -0.39 is 22.0 Å². The molecule has 12 heteroatoms. The summed E-state index contributed by atoms with van der Waals surface area (Å²) in [5, 5.41) is 0. The Morgan fingerprint density at radius 2 is 0.889 bits per heavy atom. The second kappa shape index (κ2) is 28.1. The lowest BCUT2D eigenvalue weighted by atomic mass is 9.81. The molecule has 0 aromatic rings. The molecule has 0 N–H and O–H groups in total. The maximum absolute atomic E-state index is 12.3. The highest BCUT2D eigenvalue weighted by atomic mass is 16.6. The first-order valence-corrected chi connectivity index (χ1v) is 27.8. The summed E-state index contributed by atoms with van der Waals surface area (Å²) in [5.41, 5.74) is -3.66. The average molecular weight is 1030 g/mol. The quantitative estimate of drug-likeness (QED) is 0.100. The Morgan fingerprint density at radius 3 is 1.22 bits per heavy atom. The monoisotopic (exact) mass is 1020 g/mol. The second-order valence-corrected chi connectivity index (χ2v) is 26.6. The fourth-order valence-electron chi connectivity index (χ4n) is 8.25. The van der Waals surface area contributed by atoms with Crippen LogP contribution in [0.3, 0.4) is 0 Å². The number of esters is 6. The number of methoxy groups -OCH3 is 1. The lowest BCUT2D eigenvalue weighted by Crippen LogP contribution is -2.40. The summed E-state index contributed by atoms with van der Waals surface area (Å²) in [6.45, 7) is 45.2. The Morgan fingerprint density at radius 1 is 0.528 bits per heavy atom. The lowest BCUT2D eigenvalue weighted by Gasteiger charge is -2.38. The molecule has 4 aliphatic rings. The molecule has 0 amide bonds. The van der Waals surface area contributed by atoms with Crippen LogP contribution in [0.2, 0.25) is 0 Å². The van der Waals surface area contributed by atoms with Crippen molar-refractivity contribution >= 4 is 35.8 Å². The van der Waals surface area contributed by atoms with E-state index in [1.165, 1.54) is 45.6 Å². The average Bonchev–Trinajstić information content (AvgIpc) is 4.04. The van der Waals surface area contributed by atoms with Gasteiger partial charge >= 0.3 is 35.8 Å². The standard InChI is InChI=1S/C20H38O4.C14H26O2.C10H20O2.C9H12O2.C7H14O2.H2/c1-11-17(3,4)15(21)23-19(7,8)13-14-20(9,10)24-16(22)18(5,6)12-2;1-5-13(3,4)12(15)16-14(6-2)10-8-7-9-11-14;1-7-10(5,6)8(11)12-9(2,3)4;10-9-8-6-2-1-5(3-6)7(8)4-11-9;1-5-7(2,3)6(8)9-4;/h11-14H2,1-10H3;5-11H2,1-4H3;7H2,1-6H3;5-8H,1-4H2;5H2,1-4H3;1H. The van der Waals surface area contributed by atoms with Crippen LogP contribution < -0.4 is 0 Å². The molecule has 4 rings (SSSR count). The van der Waals surface area contributed by atoms with Crippen LogP contribution in [0, 0.1) is 50.7 Å². The third-order valence-electron chi connectivity index (χ3n) is 16.3. The zero-order valence-electron chi connectivity index (χ0n) is 50.7. The highest BCUT2D eigenvalue weighted by Crippen LogP contribution is 2.55. The van der Waals surface area contributed by atoms with Crippen molar-refractivity contribution in [2.24, 2.45) is 50.7 Å². The normalized spacial score (nSPS) is 20.7. The van der Waals surface area contributed by atoms with Gasteiger partial charge in [-0.25, -0.2) is 0 Å². The number of carbonyl (C=O) groups excluding carboxylic acids is 6. The molecule has 0 radical (unpaired) electrons. The van der Waals surface area contributed by atoms with Gasteiger partial charge in [-0.05, 0) is 226 Å². The second-order valence-electron chi connectivity index (χ2n) is 26.6. The van der Waals surface area contributed by atoms with Crippen LogP contribution in [0.5, 0.6) is 0 Å². The first-order valence-electron chi connectivity index (χ1n) is 27.8. The smallest absolute Gasteiger partial charge is 0.312 e. The molecule has 0 aromatic heterocycles. The number of fused-ring (bicyclic) bond motifs is 5. The zero-order valence-corrected chi connectivity index (χ0v) is 50.7. The predicted octanol–water partition coefficient (Wildman–Crippen LogP) is 15.2. The number of rotatable bonds is 17. The summed E-state index contributed by atoms with van der Waals surface area (Å²) < 4.78 is 32.1. The van der Waals surface area contributed by atoms with Gasteiger partial charge in [0.15, 0.2) is 0 Å². The Hall–Kier alpha value is -3.18. The van der Waals surface area contributed by atoms with Crippen molar-refractivity contribution in [3.63, 3.8) is 0 Å². The van der Waals surface area contributed by atoms with Gasteiger partial charge in [-0.1, -0.05) is 48.0 Å². The number of cyclic esters (lactones) is 1. The van der Waals surface area contributed by atoms with E-state index >= 15 is 0 Å². The van der Waals surface area contributed by atoms with Gasteiger partial charge in [-0.3, -0.25) is 28.8 Å². The minimum absolute atomic E-state index is 0. The predicted molar refractivity (Wildman–Crippen MR) is 291 cm³/mol. The first-order chi connectivity index (χ1) is 32.6. The van der Waals surface area contributed by atoms with Gasteiger partial charge < -0.3 is 28.4 Å². The molecule has 2 bridgehead atoms. The van der Waals surface area contributed by atoms with Crippen molar-refractivity contribution < 1.29 is 58.6 Å². The summed E-state index contributed by atoms with van der Waals surface area (Å²) in [4.78, 5) is 70.2. The molecule has 0 spiro atoms. The van der Waals surface area contributed by atoms with Crippen molar-refractivity contribution in [1.29, 1.82) is 0 Å². The molecule has 424 valence electrons. The summed E-state index contributed by atoms with van der Waals surface area (Å²) >= 11 is 0. The molecule has 4 unspecified atom stereocenters. The fourth-order valence-corrected chi connectivity index (χ4v) is 8.25. The summed E-state index contributed by atoms with van der Waals surface area (Å²) in [7, 11) is 1.42. The third-order valence-corrected chi connectivity index (χ3v) is 16.3. The van der Waals surface area contributed by atoms with Gasteiger partial charge in [0, 0.05) is 7.34 Å². The molecule has 0 aromatic carbocycles. The molecule has 3 saturated carbocycles. The Kier molecular flexibility index (Phi) is 26.9. The minimum Gasteiger partial charge on any atom is -0.469 e. The van der Waals surface area contributed by atoms with Crippen LogP contribution in [0.25, 0.3) is 0 Å². The molecule has 3 aliphatic carbocycles. The van der Waals surface area contributed by atoms with Crippen molar-refractivity contribution in [3.05, 3.63) is 0 Å². The molecule has 4 fully saturated rings. The Labute approximate surface area is 441 Å². The van der Waals surface area contributed by atoms with E-state index in [2.05, 4.69) is 11.7 Å². The number of carbonyl (C=O) groups is 6. The van der Waals surface area contributed by atoms with Gasteiger partial charge in [-0.15, -0.1) is 0 Å². The third kappa shape index (κ3) is 22.3. The molecule has 12 nitrogen and oxygen atoms in total. The summed E-state index contributed by atoms with van der Waals surface area (Å²) in [5.74, 6) is 1.92. The van der Waals surface area contributed by atoms with E-state index in [-0.39, 0.29) is 64.7 Å². The molecule has 4 atom stereocenters. The van der Waals surface area contributed by atoms with Gasteiger partial charge in [-0.2, -0.15) is 0 Å². The van der Waals surface area contributed by atoms with Crippen LogP contribution in [0.4, 0.5) is 0 Å². The fraction of sp³-hybridized carbons (Fsp3) is 0.900. The van der Waals surface area contributed by atoms with Gasteiger partial charge in [0.1, 0.15) is 22.4 Å². The molecular weight excluding hydrogens is 913 g/mol. The van der Waals surface area contributed by atoms with Crippen molar-refractivity contribution in [2.75, 3.05) is 13.7 Å². The Balaban J connectivity index is 0. The van der Waals surface area contributed by atoms with E-state index in [4.69, 9.17) is 23.7 Å². The van der Waals surface area contributed by atoms with E-state index in [0.717, 1.165) is 63.9 Å². The molecule has 1 saturated heterocycles. The topological polar surface area (TPSA) is 158 Å². The summed E-state index contributed by atoms with van der Waals surface area (Å²) in [6.07, 6.45) is 15.9. The molecule has 1 aliphatic heterocycles. The summed E-state index contributed by atoms with van der Waals surface area (Å²) in [6, 6.07) is 0. The van der Waals surface area contributed by atoms with E-state index in [1.807, 2.05) is 152 Å². The molecule has 72 heavy (non-hydrogen) atoms. The maximum atomic E-state index is 12.3. The number of hydrogen-bond donors (Lipinski definition) is 0. The van der Waals surface area contributed by atoms with Crippen LogP contribution >= 0.6 is 0 Å². The van der Waals surface area contributed by atoms with Crippen molar-refractivity contribution in [3.8, 4) is 0 Å².